The van der Waals surface area contributed by atoms with Crippen LogP contribution in [0, 0.1) is 25.7 Å². The van der Waals surface area contributed by atoms with Crippen molar-refractivity contribution in [1.82, 2.24) is 19.9 Å². The van der Waals surface area contributed by atoms with Crippen LogP contribution in [0.1, 0.15) is 41.3 Å². The van der Waals surface area contributed by atoms with Gasteiger partial charge in [0.25, 0.3) is 0 Å². The topological polar surface area (TPSA) is 118 Å². The lowest BCUT2D eigenvalue weighted by Gasteiger charge is -2.56. The number of imidazole rings is 1. The average molecular weight is 684 g/mol. The lowest BCUT2D eigenvalue weighted by atomic mass is 9.72. The molecule has 0 spiro atoms. The monoisotopic (exact) mass is 683 g/mol. The maximum absolute atomic E-state index is 12.6. The lowest BCUT2D eigenvalue weighted by molar-refractivity contribution is -0.956. The number of benzene rings is 2. The van der Waals surface area contributed by atoms with Crippen LogP contribution in [-0.4, -0.2) is 76.3 Å². The Labute approximate surface area is 290 Å². The summed E-state index contributed by atoms with van der Waals surface area (Å²) in [5, 5.41) is 12.6. The van der Waals surface area contributed by atoms with E-state index in [2.05, 4.69) is 39.6 Å². The predicted molar refractivity (Wildman–Crippen MR) is 191 cm³/mol. The Morgan fingerprint density at radius 2 is 1.82 bits per heavy atom. The molecule has 5 aromatic rings. The Balaban J connectivity index is 0.000000170. The molecule has 11 heteroatoms. The highest BCUT2D eigenvalue weighted by molar-refractivity contribution is 7.84. The fraction of sp³-hybridized carbons (Fsp3) is 0.395. The van der Waals surface area contributed by atoms with Crippen molar-refractivity contribution in [3.05, 3.63) is 89.9 Å². The van der Waals surface area contributed by atoms with Gasteiger partial charge in [-0.2, -0.15) is 0 Å². The maximum atomic E-state index is 12.6. The molecule has 6 atom stereocenters. The second kappa shape index (κ2) is 14.3. The molecule has 3 saturated heterocycles. The van der Waals surface area contributed by atoms with Crippen molar-refractivity contribution in [2.24, 2.45) is 11.8 Å². The van der Waals surface area contributed by atoms with Crippen molar-refractivity contribution in [2.75, 3.05) is 41.5 Å². The molecule has 2 aromatic carbocycles. The largest absolute Gasteiger partial charge is 0.497 e. The highest BCUT2D eigenvalue weighted by Gasteiger charge is 2.51. The average Bonchev–Trinajstić information content (AvgIpc) is 3.56. The van der Waals surface area contributed by atoms with E-state index in [0.717, 1.165) is 68.8 Å². The minimum atomic E-state index is -1.38. The molecule has 0 amide bonds. The fourth-order valence-corrected chi connectivity index (χ4v) is 8.65. The van der Waals surface area contributed by atoms with Crippen LogP contribution >= 0.6 is 0 Å². The first kappa shape index (κ1) is 34.5. The Bertz CT molecular complexity index is 2010. The van der Waals surface area contributed by atoms with Gasteiger partial charge in [-0.3, -0.25) is 14.2 Å². The van der Waals surface area contributed by atoms with Crippen molar-refractivity contribution in [3.63, 3.8) is 0 Å². The molecule has 10 nitrogen and oxygen atoms in total. The Hall–Kier alpha value is -4.32. The summed E-state index contributed by atoms with van der Waals surface area (Å²) in [6, 6.07) is 13.5. The first-order chi connectivity index (χ1) is 23.6. The fourth-order valence-electron chi connectivity index (χ4n) is 7.58. The number of fused-ring (bicyclic) bond motifs is 5. The van der Waals surface area contributed by atoms with Gasteiger partial charge in [0.2, 0.25) is 0 Å². The predicted octanol–water partition coefficient (Wildman–Crippen LogP) is 5.85. The van der Waals surface area contributed by atoms with Crippen LogP contribution in [-0.2, 0) is 16.6 Å². The van der Waals surface area contributed by atoms with E-state index >= 15 is 0 Å². The zero-order valence-electron chi connectivity index (χ0n) is 29.1. The summed E-state index contributed by atoms with van der Waals surface area (Å²) in [7, 11) is 5.79. The molecule has 0 aliphatic carbocycles. The minimum Gasteiger partial charge on any atom is -0.497 e. The smallest absolute Gasteiger partial charge is 0.131 e. The Morgan fingerprint density at radius 1 is 1.06 bits per heavy atom. The van der Waals surface area contributed by atoms with E-state index in [4.69, 9.17) is 14.2 Å². The first-order valence-electron chi connectivity index (χ1n) is 16.5. The summed E-state index contributed by atoms with van der Waals surface area (Å²) in [6.45, 7) is 10.1. The van der Waals surface area contributed by atoms with Gasteiger partial charge in [-0.1, -0.05) is 12.1 Å². The quantitative estimate of drug-likeness (QED) is 0.151. The van der Waals surface area contributed by atoms with E-state index in [0.29, 0.717) is 33.8 Å². The first-order valence-corrected chi connectivity index (χ1v) is 17.8. The van der Waals surface area contributed by atoms with Crippen LogP contribution in [0.15, 0.2) is 72.7 Å². The third-order valence-corrected chi connectivity index (χ3v) is 11.5. The van der Waals surface area contributed by atoms with Crippen molar-refractivity contribution in [1.29, 1.82) is 0 Å². The summed E-state index contributed by atoms with van der Waals surface area (Å²) in [5.74, 6) is 3.74. The molecule has 49 heavy (non-hydrogen) atoms. The highest BCUT2D eigenvalue weighted by Crippen LogP contribution is 2.46. The van der Waals surface area contributed by atoms with Gasteiger partial charge >= 0.3 is 0 Å². The van der Waals surface area contributed by atoms with E-state index in [1.807, 2.05) is 38.1 Å². The third-order valence-electron chi connectivity index (χ3n) is 10.4. The molecule has 258 valence electrons. The van der Waals surface area contributed by atoms with Gasteiger partial charge in [0.15, 0.2) is 0 Å². The molecule has 8 rings (SSSR count). The van der Waals surface area contributed by atoms with E-state index in [-0.39, 0.29) is 11.8 Å². The molecule has 4 unspecified atom stereocenters. The summed E-state index contributed by atoms with van der Waals surface area (Å²) in [4.78, 5) is 17.5. The van der Waals surface area contributed by atoms with E-state index in [1.54, 1.807) is 51.9 Å². The maximum Gasteiger partial charge on any atom is 0.131 e. The van der Waals surface area contributed by atoms with E-state index in [9.17, 15) is 9.32 Å². The Morgan fingerprint density at radius 3 is 2.53 bits per heavy atom. The third kappa shape index (κ3) is 6.79. The van der Waals surface area contributed by atoms with Crippen molar-refractivity contribution >= 4 is 32.7 Å². The second-order valence-corrected chi connectivity index (χ2v) is 14.6. The number of rotatable bonds is 9. The van der Waals surface area contributed by atoms with Crippen LogP contribution in [0.25, 0.3) is 21.9 Å². The number of hydrogen-bond acceptors (Lipinski definition) is 8. The molecular weight excluding hydrogens is 639 g/mol. The number of piperidine rings is 3. The number of aliphatic hydroxyl groups excluding tert-OH is 1. The van der Waals surface area contributed by atoms with Gasteiger partial charge in [0, 0.05) is 52.8 Å². The van der Waals surface area contributed by atoms with Crippen LogP contribution in [0.3, 0.4) is 0 Å². The summed E-state index contributed by atoms with van der Waals surface area (Å²) in [5.41, 5.74) is 5.81. The van der Waals surface area contributed by atoms with Gasteiger partial charge < -0.3 is 33.8 Å². The van der Waals surface area contributed by atoms with E-state index in [1.165, 1.54) is 6.42 Å². The normalized spacial score (nSPS) is 22.6. The number of aryl methyl sites for hydroxylation is 1. The van der Waals surface area contributed by atoms with Gasteiger partial charge in [-0.15, -0.1) is 6.58 Å². The molecule has 0 radical (unpaired) electrons. The summed E-state index contributed by atoms with van der Waals surface area (Å²) in [6.07, 6.45) is 7.46. The van der Waals surface area contributed by atoms with Gasteiger partial charge in [0.1, 0.15) is 29.4 Å². The number of ether oxygens (including phenoxy) is 3. The molecular formula is C38H45N5O5S. The lowest BCUT2D eigenvalue weighted by Crippen LogP contribution is -2.66. The van der Waals surface area contributed by atoms with Crippen molar-refractivity contribution < 1.29 is 28.0 Å². The summed E-state index contributed by atoms with van der Waals surface area (Å²) >= 11 is 0. The zero-order chi connectivity index (χ0) is 34.9. The summed E-state index contributed by atoms with van der Waals surface area (Å²) < 4.78 is 29.5. The van der Waals surface area contributed by atoms with Crippen molar-refractivity contribution in [2.45, 2.75) is 49.7 Å². The number of aromatic nitrogens is 4. The van der Waals surface area contributed by atoms with Gasteiger partial charge in [-0.05, 0) is 72.8 Å². The molecule has 0 saturated carbocycles. The highest BCUT2D eigenvalue weighted by atomic mass is 32.2. The molecule has 1 N–H and O–H groups in total. The molecule has 2 bridgehead atoms. The van der Waals surface area contributed by atoms with Crippen LogP contribution in [0.5, 0.6) is 17.2 Å². The Kier molecular flexibility index (Phi) is 10.1. The number of hydrogen-bond donors (Lipinski definition) is 1. The number of quaternary nitrogens is 1. The van der Waals surface area contributed by atoms with Crippen molar-refractivity contribution in [3.8, 4) is 17.2 Å². The van der Waals surface area contributed by atoms with Crippen LogP contribution < -0.4 is 19.2 Å². The number of likely N-dealkylation sites (N-methyl/N-ethyl adjacent to an activating group) is 1. The molecule has 3 aliphatic heterocycles. The van der Waals surface area contributed by atoms with Crippen LogP contribution in [0.2, 0.25) is 0 Å². The SMILES string of the molecule is C=CC1C[N+]2(C)CCC1C[C@@H]2[C@@H](O)c1ccnc2ccc(OC)cc12.COc1ccc2[n-]c(S(=O)Cc3ncc(C)c(OC)c3C)nc2c1. The minimum absolute atomic E-state index is 0.228. The molecule has 6 heterocycles. The number of pyridine rings is 2. The molecule has 3 fully saturated rings. The van der Waals surface area contributed by atoms with Gasteiger partial charge in [-0.25, -0.2) is 0 Å². The second-order valence-electron chi connectivity index (χ2n) is 13.3. The molecule has 3 aliphatic rings. The standard InChI is InChI=1S/C21H27N2O2.C17H18N3O3S/c1-4-14-13-23(2)10-8-15(14)11-20(23)21(24)17-7-9-22-19-6-5-16(25-3)12-18(17)19;1-10-8-18-15(11(2)16(10)23-4)9-24(21)17-19-13-6-5-12(22-3)7-14(13)20-17/h4-7,9,12,14-15,20-21,24H,1,8,10-11,13H2,2-3H3;5-8H,9H2,1-4H3/q+1;-1/t14?,15?,20-,21+,23?;/m1./s1. The molecule has 3 aromatic heterocycles. The van der Waals surface area contributed by atoms with Gasteiger partial charge in [0.05, 0.1) is 69.2 Å². The zero-order valence-corrected chi connectivity index (χ0v) is 29.9. The number of nitrogens with zero attached hydrogens (tertiary/aromatic N) is 5. The number of aliphatic hydroxyl groups is 1. The van der Waals surface area contributed by atoms with Crippen LogP contribution in [0.4, 0.5) is 0 Å². The number of methoxy groups -OCH3 is 3. The van der Waals surface area contributed by atoms with E-state index < -0.39 is 16.9 Å².